The molecule has 0 aliphatic heterocycles. The molecule has 0 unspecified atom stereocenters. The van der Waals surface area contributed by atoms with Crippen LogP contribution in [-0.2, 0) is 21.1 Å². The predicted molar refractivity (Wildman–Crippen MR) is 104 cm³/mol. The molecule has 0 radical (unpaired) electrons. The van der Waals surface area contributed by atoms with Crippen LogP contribution in [0.15, 0.2) is 52.1 Å². The smallest absolute Gasteiger partial charge is 0.227 e. The molecule has 0 saturated heterocycles. The summed E-state index contributed by atoms with van der Waals surface area (Å²) in [6, 6.07) is 7.82. The number of amides is 1. The lowest BCUT2D eigenvalue weighted by atomic mass is 10.2. The first kappa shape index (κ1) is 20.0. The Morgan fingerprint density at radius 3 is 2.82 bits per heavy atom. The molecule has 3 rings (SSSR count). The number of benzene rings is 1. The van der Waals surface area contributed by atoms with Gasteiger partial charge in [0.2, 0.25) is 17.6 Å². The molecule has 3 aromatic rings. The molecule has 0 aliphatic rings. The molecule has 0 aliphatic carbocycles. The lowest BCUT2D eigenvalue weighted by Gasteiger charge is -2.11. The summed E-state index contributed by atoms with van der Waals surface area (Å²) in [6.07, 6.45) is 3.48. The van der Waals surface area contributed by atoms with Gasteiger partial charge in [-0.1, -0.05) is 23.7 Å². The highest BCUT2D eigenvalue weighted by Crippen LogP contribution is 2.26. The van der Waals surface area contributed by atoms with Gasteiger partial charge in [-0.3, -0.25) is 9.78 Å². The number of hydrogen-bond donors (Lipinski definition) is 1. The molecule has 10 heteroatoms. The number of nitrogens with zero attached hydrogens (tertiary/aromatic N) is 3. The van der Waals surface area contributed by atoms with Crippen LogP contribution in [0, 0.1) is 0 Å². The van der Waals surface area contributed by atoms with Gasteiger partial charge in [-0.2, -0.15) is 4.98 Å². The van der Waals surface area contributed by atoms with E-state index >= 15 is 0 Å². The van der Waals surface area contributed by atoms with Crippen molar-refractivity contribution in [2.75, 3.05) is 11.1 Å². The minimum absolute atomic E-state index is 0.0319. The lowest BCUT2D eigenvalue weighted by Crippen LogP contribution is -2.16. The highest BCUT2D eigenvalue weighted by atomic mass is 35.5. The van der Waals surface area contributed by atoms with Gasteiger partial charge in [0, 0.05) is 35.8 Å². The minimum atomic E-state index is -3.51. The number of anilines is 1. The summed E-state index contributed by atoms with van der Waals surface area (Å²) in [5.41, 5.74) is 0.858. The van der Waals surface area contributed by atoms with Crippen LogP contribution in [0.1, 0.15) is 19.2 Å². The van der Waals surface area contributed by atoms with Crippen LogP contribution >= 0.6 is 11.6 Å². The van der Waals surface area contributed by atoms with Crippen LogP contribution in [0.25, 0.3) is 11.4 Å². The number of pyridine rings is 1. The number of halogens is 1. The summed E-state index contributed by atoms with van der Waals surface area (Å²) in [5.74, 6) is 0.198. The maximum Gasteiger partial charge on any atom is 0.227 e. The Morgan fingerprint density at radius 2 is 2.11 bits per heavy atom. The molecule has 0 spiro atoms. The van der Waals surface area contributed by atoms with E-state index in [1.807, 2.05) is 0 Å². The largest absolute Gasteiger partial charge is 0.339 e. The van der Waals surface area contributed by atoms with Crippen LogP contribution < -0.4 is 5.32 Å². The molecule has 8 nitrogen and oxygen atoms in total. The maximum absolute atomic E-state index is 12.3. The molecule has 0 fully saturated rings. The standard InChI is InChI=1S/C18H17ClN4O4S/c1-2-28(25,26)15-6-5-13(19)10-14(15)21-16(24)7-8-17-22-18(23-27-17)12-4-3-9-20-11-12/h3-6,9-11H,2,7-8H2,1H3,(H,21,24). The van der Waals surface area contributed by atoms with Gasteiger partial charge < -0.3 is 9.84 Å². The summed E-state index contributed by atoms with van der Waals surface area (Å²) >= 11 is 5.94. The Morgan fingerprint density at radius 1 is 1.29 bits per heavy atom. The Labute approximate surface area is 166 Å². The fourth-order valence-electron chi connectivity index (χ4n) is 2.43. The van der Waals surface area contributed by atoms with E-state index in [9.17, 15) is 13.2 Å². The first-order valence-electron chi connectivity index (χ1n) is 8.44. The van der Waals surface area contributed by atoms with E-state index in [1.54, 1.807) is 24.5 Å². The highest BCUT2D eigenvalue weighted by Gasteiger charge is 2.19. The van der Waals surface area contributed by atoms with Gasteiger partial charge >= 0.3 is 0 Å². The molecule has 0 atom stereocenters. The molecule has 0 saturated carbocycles. The number of nitrogens with one attached hydrogen (secondary N) is 1. The fraction of sp³-hybridized carbons (Fsp3) is 0.222. The van der Waals surface area contributed by atoms with Gasteiger partial charge in [-0.05, 0) is 30.3 Å². The molecule has 1 aromatic carbocycles. The lowest BCUT2D eigenvalue weighted by molar-refractivity contribution is -0.116. The zero-order valence-corrected chi connectivity index (χ0v) is 16.5. The molecule has 2 aromatic heterocycles. The second kappa shape index (κ2) is 8.49. The average molecular weight is 421 g/mol. The van der Waals surface area contributed by atoms with Crippen LogP contribution in [0.5, 0.6) is 0 Å². The second-order valence-corrected chi connectivity index (χ2v) is 8.53. The summed E-state index contributed by atoms with van der Waals surface area (Å²) in [7, 11) is -3.51. The quantitative estimate of drug-likeness (QED) is 0.624. The van der Waals surface area contributed by atoms with Crippen molar-refractivity contribution in [1.82, 2.24) is 15.1 Å². The van der Waals surface area contributed by atoms with Crippen LogP contribution in [-0.4, -0.2) is 35.2 Å². The van der Waals surface area contributed by atoms with Gasteiger partial charge in [-0.15, -0.1) is 0 Å². The molecular formula is C18H17ClN4O4S. The SMILES string of the molecule is CCS(=O)(=O)c1ccc(Cl)cc1NC(=O)CCc1nc(-c2cccnc2)no1. The maximum atomic E-state index is 12.3. The monoisotopic (exact) mass is 420 g/mol. The minimum Gasteiger partial charge on any atom is -0.339 e. The predicted octanol–water partition coefficient (Wildman–Crippen LogP) is 3.15. The topological polar surface area (TPSA) is 115 Å². The van der Waals surface area contributed by atoms with Gasteiger partial charge in [0.1, 0.15) is 0 Å². The van der Waals surface area contributed by atoms with E-state index in [1.165, 1.54) is 25.1 Å². The van der Waals surface area contributed by atoms with Gasteiger partial charge in [0.15, 0.2) is 9.84 Å². The van der Waals surface area contributed by atoms with E-state index in [0.717, 1.165) is 0 Å². The number of carbonyl (C=O) groups is 1. The summed E-state index contributed by atoms with van der Waals surface area (Å²) in [6.45, 7) is 1.53. The summed E-state index contributed by atoms with van der Waals surface area (Å²) in [4.78, 5) is 20.5. The van der Waals surface area contributed by atoms with E-state index in [2.05, 4.69) is 20.4 Å². The normalized spacial score (nSPS) is 11.4. The first-order valence-corrected chi connectivity index (χ1v) is 10.5. The number of sulfone groups is 1. The first-order chi connectivity index (χ1) is 13.4. The third-order valence-electron chi connectivity index (χ3n) is 3.88. The Bertz CT molecular complexity index is 1080. The van der Waals surface area contributed by atoms with Crippen molar-refractivity contribution in [3.8, 4) is 11.4 Å². The number of carbonyl (C=O) groups excluding carboxylic acids is 1. The van der Waals surface area contributed by atoms with Crippen molar-refractivity contribution in [3.63, 3.8) is 0 Å². The van der Waals surface area contributed by atoms with Crippen LogP contribution in [0.3, 0.4) is 0 Å². The van der Waals surface area contributed by atoms with Crippen molar-refractivity contribution in [2.45, 2.75) is 24.7 Å². The third kappa shape index (κ3) is 4.73. The third-order valence-corrected chi connectivity index (χ3v) is 5.91. The Kier molecular flexibility index (Phi) is 6.05. The zero-order chi connectivity index (χ0) is 20.1. The molecule has 1 amide bonds. The highest BCUT2D eigenvalue weighted by molar-refractivity contribution is 7.91. The van der Waals surface area contributed by atoms with Crippen molar-refractivity contribution >= 4 is 33.0 Å². The van der Waals surface area contributed by atoms with E-state index in [4.69, 9.17) is 16.1 Å². The van der Waals surface area contributed by atoms with Crippen LogP contribution in [0.4, 0.5) is 5.69 Å². The summed E-state index contributed by atoms with van der Waals surface area (Å²) in [5, 5.41) is 6.78. The van der Waals surface area contributed by atoms with E-state index in [0.29, 0.717) is 22.3 Å². The number of rotatable bonds is 7. The molecule has 0 bridgehead atoms. The average Bonchev–Trinajstić information content (AvgIpc) is 3.16. The molecule has 146 valence electrons. The Balaban J connectivity index is 1.67. The van der Waals surface area contributed by atoms with Crippen molar-refractivity contribution < 1.29 is 17.7 Å². The van der Waals surface area contributed by atoms with Crippen molar-refractivity contribution in [1.29, 1.82) is 0 Å². The summed E-state index contributed by atoms with van der Waals surface area (Å²) < 4.78 is 29.5. The van der Waals surface area contributed by atoms with Gasteiger partial charge in [-0.25, -0.2) is 8.42 Å². The zero-order valence-electron chi connectivity index (χ0n) is 14.9. The van der Waals surface area contributed by atoms with Gasteiger partial charge in [0.25, 0.3) is 0 Å². The molecule has 1 N–H and O–H groups in total. The Hall–Kier alpha value is -2.78. The number of aromatic nitrogens is 3. The number of hydrogen-bond acceptors (Lipinski definition) is 7. The van der Waals surface area contributed by atoms with E-state index in [-0.39, 0.29) is 29.2 Å². The second-order valence-electron chi connectivity index (χ2n) is 5.85. The van der Waals surface area contributed by atoms with E-state index < -0.39 is 15.7 Å². The van der Waals surface area contributed by atoms with Gasteiger partial charge in [0.05, 0.1) is 16.3 Å². The molecule has 28 heavy (non-hydrogen) atoms. The van der Waals surface area contributed by atoms with Crippen LogP contribution in [0.2, 0.25) is 5.02 Å². The molecule has 2 heterocycles. The van der Waals surface area contributed by atoms with Crippen molar-refractivity contribution in [3.05, 3.63) is 53.6 Å². The van der Waals surface area contributed by atoms with Crippen molar-refractivity contribution in [2.24, 2.45) is 0 Å². The molecular weight excluding hydrogens is 404 g/mol. The fourth-order valence-corrected chi connectivity index (χ4v) is 3.63. The number of aryl methyl sites for hydroxylation is 1.